The first-order valence-electron chi connectivity index (χ1n) is 6.08. The molecular formula is C12H22Br2F2O. The summed E-state index contributed by atoms with van der Waals surface area (Å²) in [5.74, 6) is 0. The summed E-state index contributed by atoms with van der Waals surface area (Å²) in [6.45, 7) is 7.03. The molecule has 0 N–H and O–H groups in total. The van der Waals surface area contributed by atoms with E-state index in [1.807, 2.05) is 13.8 Å². The summed E-state index contributed by atoms with van der Waals surface area (Å²) in [6, 6.07) is 0. The number of rotatable bonds is 8. The van der Waals surface area contributed by atoms with Crippen molar-refractivity contribution < 1.29 is 13.5 Å². The monoisotopic (exact) mass is 378 g/mol. The van der Waals surface area contributed by atoms with Gasteiger partial charge < -0.3 is 4.74 Å². The van der Waals surface area contributed by atoms with Crippen LogP contribution in [0.4, 0.5) is 8.78 Å². The quantitative estimate of drug-likeness (QED) is 0.506. The van der Waals surface area contributed by atoms with E-state index in [4.69, 9.17) is 4.74 Å². The second-order valence-electron chi connectivity index (χ2n) is 4.44. The molecule has 0 aromatic rings. The van der Waals surface area contributed by atoms with E-state index in [9.17, 15) is 8.78 Å². The van der Waals surface area contributed by atoms with Crippen molar-refractivity contribution in [3.05, 3.63) is 0 Å². The zero-order chi connectivity index (χ0) is 13.7. The van der Waals surface area contributed by atoms with Crippen LogP contribution in [0.15, 0.2) is 0 Å². The molecule has 0 aliphatic rings. The lowest BCUT2D eigenvalue weighted by Gasteiger charge is -2.32. The fourth-order valence-corrected chi connectivity index (χ4v) is 2.59. The number of halogens is 4. The summed E-state index contributed by atoms with van der Waals surface area (Å²) in [5, 5.41) is 0. The maximum atomic E-state index is 14.1. The molecule has 4 atom stereocenters. The minimum Gasteiger partial charge on any atom is -0.367 e. The topological polar surface area (TPSA) is 9.23 Å². The third-order valence-electron chi connectivity index (χ3n) is 2.76. The molecular weight excluding hydrogens is 358 g/mol. The molecule has 0 aromatic carbocycles. The van der Waals surface area contributed by atoms with E-state index >= 15 is 0 Å². The van der Waals surface area contributed by atoms with Gasteiger partial charge in [-0.15, -0.1) is 0 Å². The third kappa shape index (κ3) is 5.97. The van der Waals surface area contributed by atoms with Crippen LogP contribution in [0.5, 0.6) is 0 Å². The fourth-order valence-electron chi connectivity index (χ4n) is 1.58. The van der Waals surface area contributed by atoms with Crippen LogP contribution in [0.2, 0.25) is 0 Å². The van der Waals surface area contributed by atoms with Gasteiger partial charge in [-0.3, -0.25) is 0 Å². The Kier molecular flexibility index (Phi) is 7.73. The molecule has 0 saturated carbocycles. The van der Waals surface area contributed by atoms with Crippen LogP contribution < -0.4 is 0 Å². The van der Waals surface area contributed by atoms with Gasteiger partial charge in [0.15, 0.2) is 9.16 Å². The highest BCUT2D eigenvalue weighted by Gasteiger charge is 2.39. The first kappa shape index (κ1) is 17.8. The van der Waals surface area contributed by atoms with Crippen molar-refractivity contribution in [2.24, 2.45) is 0 Å². The molecule has 0 aliphatic heterocycles. The van der Waals surface area contributed by atoms with Gasteiger partial charge in [0.1, 0.15) is 0 Å². The molecule has 0 spiro atoms. The number of alkyl halides is 4. The molecule has 1 nitrogen and oxygen atoms in total. The summed E-state index contributed by atoms with van der Waals surface area (Å²) < 4.78 is 30.4. The standard InChI is InChI=1S/C12H22Br2F2O/c1-5-7-11(13,15)9(3)17-10(4)12(14,16)8-6-2/h9-10H,5-8H2,1-4H3. The highest BCUT2D eigenvalue weighted by molar-refractivity contribution is 9.10. The van der Waals surface area contributed by atoms with Crippen LogP contribution in [0.25, 0.3) is 0 Å². The van der Waals surface area contributed by atoms with Crippen molar-refractivity contribution in [3.63, 3.8) is 0 Å². The number of ether oxygens (including phenoxy) is 1. The van der Waals surface area contributed by atoms with E-state index in [2.05, 4.69) is 31.9 Å². The Morgan fingerprint density at radius 1 is 0.941 bits per heavy atom. The zero-order valence-corrected chi connectivity index (χ0v) is 14.1. The van der Waals surface area contributed by atoms with Crippen molar-refractivity contribution >= 4 is 31.9 Å². The van der Waals surface area contributed by atoms with Gasteiger partial charge in [-0.2, -0.15) is 0 Å². The van der Waals surface area contributed by atoms with Crippen molar-refractivity contribution in [3.8, 4) is 0 Å². The zero-order valence-electron chi connectivity index (χ0n) is 10.9. The molecule has 0 radical (unpaired) electrons. The van der Waals surface area contributed by atoms with Crippen LogP contribution in [-0.2, 0) is 4.74 Å². The third-order valence-corrected chi connectivity index (χ3v) is 4.85. The maximum Gasteiger partial charge on any atom is 0.190 e. The Bertz CT molecular complexity index is 201. The van der Waals surface area contributed by atoms with Crippen LogP contribution in [0.3, 0.4) is 0 Å². The summed E-state index contributed by atoms with van der Waals surface area (Å²) in [6.07, 6.45) is 0.706. The molecule has 0 saturated heterocycles. The summed E-state index contributed by atoms with van der Waals surface area (Å²) in [7, 11) is 0. The Morgan fingerprint density at radius 2 is 1.24 bits per heavy atom. The van der Waals surface area contributed by atoms with Crippen LogP contribution in [0.1, 0.15) is 53.4 Å². The average Bonchev–Trinajstić information content (AvgIpc) is 2.17. The van der Waals surface area contributed by atoms with Crippen LogP contribution in [-0.4, -0.2) is 21.4 Å². The molecule has 0 aromatic heterocycles. The van der Waals surface area contributed by atoms with Gasteiger partial charge in [0.25, 0.3) is 0 Å². The SMILES string of the molecule is CCCC(F)(Br)C(C)OC(C)C(F)(Br)CCC. The average molecular weight is 380 g/mol. The Morgan fingerprint density at radius 3 is 1.47 bits per heavy atom. The largest absolute Gasteiger partial charge is 0.367 e. The van der Waals surface area contributed by atoms with Crippen molar-refractivity contribution in [1.29, 1.82) is 0 Å². The first-order chi connectivity index (χ1) is 7.67. The van der Waals surface area contributed by atoms with Gasteiger partial charge in [0.05, 0.1) is 12.2 Å². The minimum atomic E-state index is -1.59. The Labute approximate surface area is 120 Å². The second-order valence-corrected chi connectivity index (χ2v) is 7.08. The summed E-state index contributed by atoms with van der Waals surface area (Å²) in [5.41, 5.74) is 0. The Hall–Kier alpha value is 0.780. The summed E-state index contributed by atoms with van der Waals surface area (Å²) in [4.78, 5) is 0. The molecule has 0 rings (SSSR count). The van der Waals surface area contributed by atoms with Crippen LogP contribution in [0, 0.1) is 0 Å². The van der Waals surface area contributed by atoms with E-state index in [-0.39, 0.29) is 0 Å². The molecule has 0 bridgehead atoms. The summed E-state index contributed by atoms with van der Waals surface area (Å²) >= 11 is 6.02. The molecule has 104 valence electrons. The first-order valence-corrected chi connectivity index (χ1v) is 7.67. The van der Waals surface area contributed by atoms with Gasteiger partial charge in [-0.05, 0) is 58.5 Å². The molecule has 4 unspecified atom stereocenters. The van der Waals surface area contributed by atoms with Crippen LogP contribution >= 0.6 is 31.9 Å². The van der Waals surface area contributed by atoms with Gasteiger partial charge >= 0.3 is 0 Å². The van der Waals surface area contributed by atoms with E-state index < -0.39 is 21.4 Å². The fraction of sp³-hybridized carbons (Fsp3) is 1.00. The van der Waals surface area contributed by atoms with E-state index in [1.165, 1.54) is 0 Å². The van der Waals surface area contributed by atoms with E-state index in [0.29, 0.717) is 25.7 Å². The highest BCUT2D eigenvalue weighted by atomic mass is 79.9. The number of hydrogen-bond acceptors (Lipinski definition) is 1. The van der Waals surface area contributed by atoms with Crippen molar-refractivity contribution in [1.82, 2.24) is 0 Å². The normalized spacial score (nSPS) is 22.6. The van der Waals surface area contributed by atoms with Gasteiger partial charge in [-0.25, -0.2) is 8.78 Å². The molecule has 0 aliphatic carbocycles. The minimum absolute atomic E-state index is 0.343. The molecule has 0 fully saturated rings. The molecule has 0 amide bonds. The maximum absolute atomic E-state index is 14.1. The predicted octanol–water partition coefficient (Wildman–Crippen LogP) is 5.50. The molecule has 17 heavy (non-hydrogen) atoms. The van der Waals surface area contributed by atoms with E-state index in [0.717, 1.165) is 0 Å². The lowest BCUT2D eigenvalue weighted by atomic mass is 10.1. The lowest BCUT2D eigenvalue weighted by Crippen LogP contribution is -2.40. The van der Waals surface area contributed by atoms with E-state index in [1.54, 1.807) is 13.8 Å². The van der Waals surface area contributed by atoms with Gasteiger partial charge in [-0.1, -0.05) is 26.7 Å². The number of hydrogen-bond donors (Lipinski definition) is 0. The molecule has 5 heteroatoms. The van der Waals surface area contributed by atoms with Crippen molar-refractivity contribution in [2.75, 3.05) is 0 Å². The van der Waals surface area contributed by atoms with Gasteiger partial charge in [0.2, 0.25) is 0 Å². The lowest BCUT2D eigenvalue weighted by molar-refractivity contribution is -0.0826. The highest BCUT2D eigenvalue weighted by Crippen LogP contribution is 2.37. The van der Waals surface area contributed by atoms with Crippen molar-refractivity contribution in [2.45, 2.75) is 74.7 Å². The second kappa shape index (κ2) is 7.39. The molecule has 0 heterocycles. The van der Waals surface area contributed by atoms with Gasteiger partial charge in [0, 0.05) is 0 Å². The Balaban J connectivity index is 4.42. The predicted molar refractivity (Wildman–Crippen MR) is 75.4 cm³/mol. The smallest absolute Gasteiger partial charge is 0.190 e.